The molecule has 0 saturated carbocycles. The van der Waals surface area contributed by atoms with E-state index < -0.39 is 0 Å². The molecule has 1 radical (unpaired) electrons. The molecule has 0 heteroatoms. The summed E-state index contributed by atoms with van der Waals surface area (Å²) in [5.74, 6) is 0.335. The normalized spacial score (nSPS) is 13.3. The quantitative estimate of drug-likeness (QED) is 0.704. The van der Waals surface area contributed by atoms with Gasteiger partial charge in [0.2, 0.25) is 0 Å². The predicted molar refractivity (Wildman–Crippen MR) is 78.6 cm³/mol. The van der Waals surface area contributed by atoms with Gasteiger partial charge in [0.25, 0.3) is 0 Å². The van der Waals surface area contributed by atoms with Crippen molar-refractivity contribution in [2.45, 2.75) is 31.6 Å². The molecule has 2 aromatic rings. The molecule has 18 heavy (non-hydrogen) atoms. The van der Waals surface area contributed by atoms with Gasteiger partial charge in [-0.15, -0.1) is 0 Å². The molecule has 0 aliphatic carbocycles. The molecule has 2 rings (SSSR count). The summed E-state index contributed by atoms with van der Waals surface area (Å²) in [6.45, 7) is 8.91. The van der Waals surface area contributed by atoms with Gasteiger partial charge >= 0.3 is 0 Å². The highest BCUT2D eigenvalue weighted by molar-refractivity contribution is 5.27. The number of rotatable bonds is 4. The standard InChI is InChI=1S/C18H21/c1-15(16-10-6-4-7-11-16)14-18(2,3)17-12-8-5-9-13-17/h4-13,15H,1,14H2,2-3H3. The summed E-state index contributed by atoms with van der Waals surface area (Å²) in [4.78, 5) is 0. The van der Waals surface area contributed by atoms with Crippen LogP contribution in [0.5, 0.6) is 0 Å². The van der Waals surface area contributed by atoms with Crippen molar-refractivity contribution in [3.8, 4) is 0 Å². The molecule has 93 valence electrons. The summed E-state index contributed by atoms with van der Waals surface area (Å²) in [6.07, 6.45) is 1.06. The fourth-order valence-electron chi connectivity index (χ4n) is 2.47. The molecule has 0 amide bonds. The first-order chi connectivity index (χ1) is 8.59. The SMILES string of the molecule is [CH2]C(CC(C)(C)c1ccccc1)c1ccccc1. The van der Waals surface area contributed by atoms with E-state index in [4.69, 9.17) is 0 Å². The molecule has 0 aliphatic heterocycles. The van der Waals surface area contributed by atoms with Gasteiger partial charge in [0, 0.05) is 0 Å². The molecule has 0 bridgehead atoms. The molecule has 0 N–H and O–H groups in total. The van der Waals surface area contributed by atoms with Crippen LogP contribution in [0, 0.1) is 6.92 Å². The third kappa shape index (κ3) is 3.01. The lowest BCUT2D eigenvalue weighted by molar-refractivity contribution is 0.454. The van der Waals surface area contributed by atoms with E-state index in [1.807, 2.05) is 0 Å². The van der Waals surface area contributed by atoms with Gasteiger partial charge in [-0.3, -0.25) is 0 Å². The zero-order valence-corrected chi connectivity index (χ0v) is 11.3. The zero-order valence-electron chi connectivity index (χ0n) is 11.3. The van der Waals surface area contributed by atoms with E-state index in [1.54, 1.807) is 0 Å². The van der Waals surface area contributed by atoms with Crippen LogP contribution in [0.25, 0.3) is 0 Å². The van der Waals surface area contributed by atoms with Gasteiger partial charge in [0.1, 0.15) is 0 Å². The number of hydrogen-bond donors (Lipinski definition) is 0. The van der Waals surface area contributed by atoms with Gasteiger partial charge < -0.3 is 0 Å². The molecule has 0 saturated heterocycles. The van der Waals surface area contributed by atoms with Crippen LogP contribution in [0.15, 0.2) is 60.7 Å². The predicted octanol–water partition coefficient (Wildman–Crippen LogP) is 4.97. The largest absolute Gasteiger partial charge is 0.0622 e. The Bertz CT molecular complexity index is 468. The van der Waals surface area contributed by atoms with Gasteiger partial charge in [-0.1, -0.05) is 74.5 Å². The Morgan fingerprint density at radius 1 is 0.889 bits per heavy atom. The fraction of sp³-hybridized carbons (Fsp3) is 0.278. The summed E-state index contributed by atoms with van der Waals surface area (Å²) in [5.41, 5.74) is 2.86. The second kappa shape index (κ2) is 5.39. The first kappa shape index (κ1) is 12.9. The molecule has 0 heterocycles. The first-order valence-corrected chi connectivity index (χ1v) is 6.53. The first-order valence-electron chi connectivity index (χ1n) is 6.53. The average molecular weight is 237 g/mol. The van der Waals surface area contributed by atoms with Crippen LogP contribution in [0.3, 0.4) is 0 Å². The van der Waals surface area contributed by atoms with E-state index in [2.05, 4.69) is 81.4 Å². The summed E-state index contributed by atoms with van der Waals surface area (Å²) in [6, 6.07) is 21.3. The van der Waals surface area contributed by atoms with E-state index in [0.717, 1.165) is 6.42 Å². The highest BCUT2D eigenvalue weighted by atomic mass is 14.3. The van der Waals surface area contributed by atoms with Gasteiger partial charge in [-0.05, 0) is 35.8 Å². The highest BCUT2D eigenvalue weighted by Gasteiger charge is 2.23. The van der Waals surface area contributed by atoms with Gasteiger partial charge in [-0.25, -0.2) is 0 Å². The van der Waals surface area contributed by atoms with Gasteiger partial charge in [0.05, 0.1) is 0 Å². The van der Waals surface area contributed by atoms with Crippen LogP contribution in [0.4, 0.5) is 0 Å². The molecule has 0 spiro atoms. The van der Waals surface area contributed by atoms with Crippen molar-refractivity contribution in [1.82, 2.24) is 0 Å². The molecule has 0 nitrogen and oxygen atoms in total. The van der Waals surface area contributed by atoms with E-state index in [-0.39, 0.29) is 5.41 Å². The van der Waals surface area contributed by atoms with Crippen LogP contribution in [0.1, 0.15) is 37.3 Å². The lowest BCUT2D eigenvalue weighted by atomic mass is 9.76. The summed E-state index contributed by atoms with van der Waals surface area (Å²) < 4.78 is 0. The Morgan fingerprint density at radius 2 is 1.39 bits per heavy atom. The summed E-state index contributed by atoms with van der Waals surface area (Å²) in [5, 5.41) is 0. The van der Waals surface area contributed by atoms with Crippen molar-refractivity contribution in [2.24, 2.45) is 0 Å². The molecule has 1 unspecified atom stereocenters. The second-order valence-corrected chi connectivity index (χ2v) is 5.56. The number of benzene rings is 2. The van der Waals surface area contributed by atoms with E-state index in [1.165, 1.54) is 11.1 Å². The molecular formula is C18H21. The van der Waals surface area contributed by atoms with E-state index in [0.29, 0.717) is 5.92 Å². The van der Waals surface area contributed by atoms with Crippen molar-refractivity contribution in [3.63, 3.8) is 0 Å². The topological polar surface area (TPSA) is 0 Å². The molecular weight excluding hydrogens is 216 g/mol. The molecule has 0 aliphatic rings. The van der Waals surface area contributed by atoms with Crippen molar-refractivity contribution in [1.29, 1.82) is 0 Å². The van der Waals surface area contributed by atoms with Crippen molar-refractivity contribution in [3.05, 3.63) is 78.7 Å². The molecule has 0 fully saturated rings. The van der Waals surface area contributed by atoms with Crippen LogP contribution in [-0.4, -0.2) is 0 Å². The minimum atomic E-state index is 0.156. The molecule has 2 aromatic carbocycles. The highest BCUT2D eigenvalue weighted by Crippen LogP contribution is 2.34. The summed E-state index contributed by atoms with van der Waals surface area (Å²) in [7, 11) is 0. The maximum atomic E-state index is 4.32. The van der Waals surface area contributed by atoms with Crippen molar-refractivity contribution >= 4 is 0 Å². The van der Waals surface area contributed by atoms with E-state index >= 15 is 0 Å². The van der Waals surface area contributed by atoms with Crippen LogP contribution in [-0.2, 0) is 5.41 Å². The second-order valence-electron chi connectivity index (χ2n) is 5.56. The van der Waals surface area contributed by atoms with Crippen LogP contribution >= 0.6 is 0 Å². The van der Waals surface area contributed by atoms with Gasteiger partial charge in [0.15, 0.2) is 0 Å². The van der Waals surface area contributed by atoms with Crippen molar-refractivity contribution < 1.29 is 0 Å². The average Bonchev–Trinajstić information content (AvgIpc) is 2.40. The van der Waals surface area contributed by atoms with Crippen molar-refractivity contribution in [2.75, 3.05) is 0 Å². The van der Waals surface area contributed by atoms with Crippen LogP contribution < -0.4 is 0 Å². The minimum Gasteiger partial charge on any atom is -0.0622 e. The molecule has 0 aromatic heterocycles. The third-order valence-electron chi connectivity index (χ3n) is 3.58. The maximum absolute atomic E-state index is 4.32. The molecule has 1 atom stereocenters. The Balaban J connectivity index is 2.14. The Morgan fingerprint density at radius 3 is 1.94 bits per heavy atom. The van der Waals surface area contributed by atoms with Crippen LogP contribution in [0.2, 0.25) is 0 Å². The Hall–Kier alpha value is -1.56. The Kier molecular flexibility index (Phi) is 3.86. The zero-order chi connectivity index (χ0) is 13.0. The monoisotopic (exact) mass is 237 g/mol. The maximum Gasteiger partial charge on any atom is -0.00977 e. The minimum absolute atomic E-state index is 0.156. The number of hydrogen-bond acceptors (Lipinski definition) is 0. The fourth-order valence-corrected chi connectivity index (χ4v) is 2.47. The third-order valence-corrected chi connectivity index (χ3v) is 3.58. The Labute approximate surface area is 111 Å². The summed E-state index contributed by atoms with van der Waals surface area (Å²) >= 11 is 0. The van der Waals surface area contributed by atoms with Gasteiger partial charge in [-0.2, -0.15) is 0 Å². The smallest absolute Gasteiger partial charge is 0.00977 e. The van der Waals surface area contributed by atoms with E-state index in [9.17, 15) is 0 Å². The lowest BCUT2D eigenvalue weighted by Gasteiger charge is -2.29. The lowest BCUT2D eigenvalue weighted by Crippen LogP contribution is -2.20.